The summed E-state index contributed by atoms with van der Waals surface area (Å²) in [6, 6.07) is 1.61. The molecule has 2 aliphatic rings. The van der Waals surface area contributed by atoms with Gasteiger partial charge in [0.1, 0.15) is 12.5 Å². The molecule has 5 heteroatoms. The van der Waals surface area contributed by atoms with Gasteiger partial charge in [0.15, 0.2) is 0 Å². The fourth-order valence-electron chi connectivity index (χ4n) is 1.04. The molecule has 0 spiro atoms. The molecule has 0 aromatic carbocycles. The van der Waals surface area contributed by atoms with E-state index in [0.717, 1.165) is 10.6 Å². The Labute approximate surface area is 83.5 Å². The Morgan fingerprint density at radius 2 is 2.43 bits per heavy atom. The lowest BCUT2D eigenvalue weighted by atomic mass is 10.2. The largest absolute Gasteiger partial charge is 0.478 e. The number of aromatic carboxylic acids is 1. The van der Waals surface area contributed by atoms with Crippen molar-refractivity contribution in [3.63, 3.8) is 0 Å². The molecule has 0 aliphatic carbocycles. The van der Waals surface area contributed by atoms with Crippen molar-refractivity contribution < 1.29 is 14.3 Å². The first-order valence-corrected chi connectivity index (χ1v) is 4.75. The maximum atomic E-state index is 10.7. The fourth-order valence-corrected chi connectivity index (χ4v) is 1.74. The minimum absolute atomic E-state index is 0.236. The number of carbonyl (C=O) groups is 1. The molecule has 0 aromatic rings. The number of H-pyrrole nitrogens is 1. The van der Waals surface area contributed by atoms with Crippen LogP contribution in [0.4, 0.5) is 0 Å². The number of aromatic amines is 1. The smallest absolute Gasteiger partial charge is 0.337 e. The molecule has 2 N–H and O–H groups in total. The zero-order valence-electron chi connectivity index (χ0n) is 7.06. The molecular formula is C9H7NO3S. The summed E-state index contributed by atoms with van der Waals surface area (Å²) >= 11 is 1.41. The lowest BCUT2D eigenvalue weighted by Crippen LogP contribution is -1.97. The topological polar surface area (TPSA) is 66.2 Å². The van der Waals surface area contributed by atoms with Crippen molar-refractivity contribution in [1.82, 2.24) is 4.98 Å². The van der Waals surface area contributed by atoms with Gasteiger partial charge in [-0.25, -0.2) is 4.79 Å². The minimum Gasteiger partial charge on any atom is -0.478 e. The highest BCUT2D eigenvalue weighted by atomic mass is 32.1. The van der Waals surface area contributed by atoms with E-state index in [4.69, 9.17) is 9.52 Å². The van der Waals surface area contributed by atoms with Gasteiger partial charge in [0.25, 0.3) is 0 Å². The quantitative estimate of drug-likeness (QED) is 0.758. The van der Waals surface area contributed by atoms with Gasteiger partial charge in [-0.05, 0) is 6.07 Å². The minimum atomic E-state index is -0.946. The molecule has 4 nitrogen and oxygen atoms in total. The van der Waals surface area contributed by atoms with Crippen LogP contribution in [-0.4, -0.2) is 16.1 Å². The first kappa shape index (κ1) is 8.83. The van der Waals surface area contributed by atoms with Gasteiger partial charge in [0.2, 0.25) is 0 Å². The van der Waals surface area contributed by atoms with E-state index in [1.165, 1.54) is 23.8 Å². The number of hydrogen-bond acceptors (Lipinski definition) is 3. The van der Waals surface area contributed by atoms with E-state index in [1.807, 2.05) is 0 Å². The zero-order valence-corrected chi connectivity index (χ0v) is 7.88. The van der Waals surface area contributed by atoms with Crippen molar-refractivity contribution in [2.24, 2.45) is 0 Å². The number of hydrogen-bond donors (Lipinski definition) is 2. The standard InChI is InChI=1S/C9H7NO3S/c11-9(12)6-3-8-7(10-4-6)5-13-1-2-14-8/h1-5,10H,(H,11,12). The van der Waals surface area contributed by atoms with Crippen LogP contribution in [-0.2, 0) is 0 Å². The zero-order chi connectivity index (χ0) is 9.97. The average Bonchev–Trinajstić information content (AvgIpc) is 2.41. The van der Waals surface area contributed by atoms with Gasteiger partial charge in [0, 0.05) is 11.6 Å². The highest BCUT2D eigenvalue weighted by Crippen LogP contribution is 2.22. The molecule has 0 atom stereocenters. The molecule has 0 saturated heterocycles. The Balaban J connectivity index is 2.66. The van der Waals surface area contributed by atoms with Crippen LogP contribution >= 0.6 is 11.3 Å². The van der Waals surface area contributed by atoms with E-state index >= 15 is 0 Å². The summed E-state index contributed by atoms with van der Waals surface area (Å²) in [6.45, 7) is 0. The second-order valence-corrected chi connectivity index (χ2v) is 3.56. The van der Waals surface area contributed by atoms with Crippen LogP contribution in [0.2, 0.25) is 0 Å². The maximum Gasteiger partial charge on any atom is 0.337 e. The highest BCUT2D eigenvalue weighted by molar-refractivity contribution is 7.13. The Morgan fingerprint density at radius 3 is 3.21 bits per heavy atom. The van der Waals surface area contributed by atoms with Crippen LogP contribution < -0.4 is 0 Å². The third kappa shape index (κ3) is 1.62. The number of carboxylic acids is 1. The molecule has 0 radical (unpaired) electrons. The van der Waals surface area contributed by atoms with E-state index < -0.39 is 5.97 Å². The summed E-state index contributed by atoms with van der Waals surface area (Å²) in [5.41, 5.74) is 1.00. The van der Waals surface area contributed by atoms with Crippen molar-refractivity contribution in [3.8, 4) is 10.6 Å². The first-order valence-electron chi connectivity index (χ1n) is 3.87. The van der Waals surface area contributed by atoms with Crippen LogP contribution in [0, 0.1) is 0 Å². The molecule has 14 heavy (non-hydrogen) atoms. The number of fused-ring (bicyclic) bond motifs is 1. The third-order valence-corrected chi connectivity index (χ3v) is 2.54. The normalized spacial score (nSPS) is 10.0. The number of pyridine rings is 1. The predicted octanol–water partition coefficient (Wildman–Crippen LogP) is 2.60. The Morgan fingerprint density at radius 1 is 1.57 bits per heavy atom. The van der Waals surface area contributed by atoms with Crippen molar-refractivity contribution in [3.05, 3.63) is 35.7 Å². The van der Waals surface area contributed by atoms with Crippen LogP contribution in [0.3, 0.4) is 0 Å². The molecule has 2 heterocycles. The molecule has 0 unspecified atom stereocenters. The summed E-state index contributed by atoms with van der Waals surface area (Å²) < 4.78 is 5.02. The van der Waals surface area contributed by atoms with Gasteiger partial charge in [0.05, 0.1) is 16.1 Å². The summed E-state index contributed by atoms with van der Waals surface area (Å²) in [7, 11) is 0. The van der Waals surface area contributed by atoms with Gasteiger partial charge < -0.3 is 14.5 Å². The summed E-state index contributed by atoms with van der Waals surface area (Å²) in [4.78, 5) is 14.4. The average molecular weight is 209 g/mol. The lowest BCUT2D eigenvalue weighted by Gasteiger charge is -2.00. The van der Waals surface area contributed by atoms with Gasteiger partial charge in [-0.15, -0.1) is 11.3 Å². The Hall–Kier alpha value is -1.75. The molecule has 0 amide bonds. The van der Waals surface area contributed by atoms with E-state index in [2.05, 4.69) is 4.98 Å². The molecule has 72 valence electrons. The maximum absolute atomic E-state index is 10.7. The third-order valence-electron chi connectivity index (χ3n) is 1.70. The molecule has 0 aromatic heterocycles. The monoisotopic (exact) mass is 209 g/mol. The number of nitrogens with one attached hydrogen (secondary N) is 1. The van der Waals surface area contributed by atoms with E-state index in [-0.39, 0.29) is 5.56 Å². The summed E-state index contributed by atoms with van der Waals surface area (Å²) in [6.07, 6.45) is 4.52. The van der Waals surface area contributed by atoms with Crippen LogP contribution in [0.1, 0.15) is 10.4 Å². The molecule has 0 saturated carbocycles. The summed E-state index contributed by atoms with van der Waals surface area (Å²) in [5.74, 6) is -0.946. The van der Waals surface area contributed by atoms with Crippen molar-refractivity contribution in [2.75, 3.05) is 0 Å². The molecular weight excluding hydrogens is 202 g/mol. The lowest BCUT2D eigenvalue weighted by molar-refractivity contribution is 0.0696. The van der Waals surface area contributed by atoms with E-state index in [0.29, 0.717) is 0 Å². The van der Waals surface area contributed by atoms with Crippen LogP contribution in [0.15, 0.2) is 34.6 Å². The first-order chi connectivity index (χ1) is 6.77. The molecule has 2 rings (SSSR count). The van der Waals surface area contributed by atoms with Crippen LogP contribution in [0.25, 0.3) is 10.6 Å². The fraction of sp³-hybridized carbons (Fsp3) is 0. The number of rotatable bonds is 1. The highest BCUT2D eigenvalue weighted by Gasteiger charge is 2.07. The van der Waals surface area contributed by atoms with Gasteiger partial charge >= 0.3 is 5.97 Å². The summed E-state index contributed by atoms with van der Waals surface area (Å²) in [5, 5.41) is 10.5. The predicted molar refractivity (Wildman–Crippen MR) is 52.1 cm³/mol. The van der Waals surface area contributed by atoms with Gasteiger partial charge in [-0.3, -0.25) is 0 Å². The molecule has 0 bridgehead atoms. The van der Waals surface area contributed by atoms with Gasteiger partial charge in [-0.1, -0.05) is 0 Å². The Bertz CT molecular complexity index is 466. The Kier molecular flexibility index (Phi) is 2.24. The van der Waals surface area contributed by atoms with E-state index in [1.54, 1.807) is 17.7 Å². The van der Waals surface area contributed by atoms with E-state index in [9.17, 15) is 4.79 Å². The second kappa shape index (κ2) is 3.55. The van der Waals surface area contributed by atoms with Crippen molar-refractivity contribution >= 4 is 17.3 Å². The van der Waals surface area contributed by atoms with Crippen molar-refractivity contribution in [1.29, 1.82) is 0 Å². The van der Waals surface area contributed by atoms with Gasteiger partial charge in [-0.2, -0.15) is 0 Å². The molecule has 0 fully saturated rings. The van der Waals surface area contributed by atoms with Crippen molar-refractivity contribution in [2.45, 2.75) is 0 Å². The second-order valence-electron chi connectivity index (χ2n) is 2.62. The molecule has 2 aliphatic heterocycles. The SMILES string of the molecule is O=C(O)c1c[nH]c2coccsc-2c1. The number of carboxylic acid groups (broad SMARTS) is 1. The van der Waals surface area contributed by atoms with Crippen LogP contribution in [0.5, 0.6) is 0 Å². The number of aromatic nitrogens is 1.